The smallest absolute Gasteiger partial charge is 0.274 e. The number of hydrogen-bond acceptors (Lipinski definition) is 6. The first-order chi connectivity index (χ1) is 15.7. The van der Waals surface area contributed by atoms with E-state index in [1.165, 1.54) is 31.6 Å². The van der Waals surface area contributed by atoms with E-state index >= 15 is 0 Å². The van der Waals surface area contributed by atoms with Gasteiger partial charge < -0.3 is 14.5 Å². The van der Waals surface area contributed by atoms with E-state index in [2.05, 4.69) is 34.8 Å². The van der Waals surface area contributed by atoms with Gasteiger partial charge in [0.15, 0.2) is 0 Å². The minimum atomic E-state index is -3.16. The van der Waals surface area contributed by atoms with Crippen molar-refractivity contribution in [2.75, 3.05) is 25.1 Å². The fraction of sp³-hybridized carbons (Fsp3) is 0.500. The van der Waals surface area contributed by atoms with Gasteiger partial charge in [-0.1, -0.05) is 13.8 Å². The zero-order valence-corrected chi connectivity index (χ0v) is 19.3. The maximum atomic E-state index is 14.7. The van der Waals surface area contributed by atoms with E-state index in [9.17, 15) is 13.6 Å². The molecule has 0 spiro atoms. The second kappa shape index (κ2) is 10.1. The van der Waals surface area contributed by atoms with E-state index in [4.69, 9.17) is 10.00 Å². The Kier molecular flexibility index (Phi) is 7.46. The van der Waals surface area contributed by atoms with Gasteiger partial charge in [-0.05, 0) is 31.0 Å². The first-order valence-electron chi connectivity index (χ1n) is 11.0. The molecule has 3 heterocycles. The SMILES string of the molecule is COc1cc(C(F)(F)CCC(=O)N2CC(C)N(c3ccc(C#N)cn3)C(C(C)C)C2)ccn1. The predicted octanol–water partition coefficient (Wildman–Crippen LogP) is 3.99. The average molecular weight is 458 g/mol. The van der Waals surface area contributed by atoms with Gasteiger partial charge in [0, 0.05) is 56.0 Å². The topological polar surface area (TPSA) is 82.4 Å². The molecule has 3 rings (SSSR count). The number of anilines is 1. The van der Waals surface area contributed by atoms with Crippen LogP contribution in [0.2, 0.25) is 0 Å². The lowest BCUT2D eigenvalue weighted by molar-refractivity contribution is -0.135. The first-order valence-corrected chi connectivity index (χ1v) is 11.0. The van der Waals surface area contributed by atoms with Crippen molar-refractivity contribution in [3.63, 3.8) is 0 Å². The number of nitriles is 1. The molecule has 2 atom stereocenters. The standard InChI is InChI=1S/C24H29F2N5O2/c1-16(2)20-15-30(14-17(3)31(20)21-6-5-18(12-27)13-29-21)23(32)7-9-24(25,26)19-8-10-28-22(11-19)33-4/h5-6,8,10-11,13,16-17,20H,7,9,14-15H2,1-4H3. The number of pyridine rings is 2. The molecule has 1 amide bonds. The summed E-state index contributed by atoms with van der Waals surface area (Å²) in [5.41, 5.74) is 0.265. The number of carbonyl (C=O) groups is 1. The lowest BCUT2D eigenvalue weighted by Gasteiger charge is -2.48. The third kappa shape index (κ3) is 5.56. The molecule has 1 aliphatic rings. The van der Waals surface area contributed by atoms with E-state index in [-0.39, 0.29) is 41.8 Å². The maximum Gasteiger partial charge on any atom is 0.274 e. The third-order valence-corrected chi connectivity index (χ3v) is 6.01. The predicted molar refractivity (Wildman–Crippen MR) is 120 cm³/mol. The van der Waals surface area contributed by atoms with Crippen molar-refractivity contribution < 1.29 is 18.3 Å². The van der Waals surface area contributed by atoms with Crippen molar-refractivity contribution in [1.82, 2.24) is 14.9 Å². The summed E-state index contributed by atoms with van der Waals surface area (Å²) in [6.07, 6.45) is 1.96. The number of rotatable bonds is 7. The Balaban J connectivity index is 1.69. The number of nitrogens with zero attached hydrogens (tertiary/aromatic N) is 5. The Morgan fingerprint density at radius 1 is 1.30 bits per heavy atom. The highest BCUT2D eigenvalue weighted by atomic mass is 19.3. The van der Waals surface area contributed by atoms with Crippen LogP contribution in [-0.4, -0.2) is 53.1 Å². The monoisotopic (exact) mass is 457 g/mol. The van der Waals surface area contributed by atoms with Gasteiger partial charge in [0.05, 0.1) is 18.7 Å². The average Bonchev–Trinajstić information content (AvgIpc) is 2.82. The van der Waals surface area contributed by atoms with Gasteiger partial charge in [0.25, 0.3) is 5.92 Å². The number of alkyl halides is 2. The summed E-state index contributed by atoms with van der Waals surface area (Å²) >= 11 is 0. The summed E-state index contributed by atoms with van der Waals surface area (Å²) in [7, 11) is 1.37. The number of aromatic nitrogens is 2. The Morgan fingerprint density at radius 3 is 2.67 bits per heavy atom. The highest BCUT2D eigenvalue weighted by Crippen LogP contribution is 2.35. The van der Waals surface area contributed by atoms with Gasteiger partial charge >= 0.3 is 0 Å². The van der Waals surface area contributed by atoms with Crippen molar-refractivity contribution in [1.29, 1.82) is 5.26 Å². The molecule has 0 radical (unpaired) electrons. The second-order valence-electron chi connectivity index (χ2n) is 8.67. The van der Waals surface area contributed by atoms with E-state index < -0.39 is 12.3 Å². The van der Waals surface area contributed by atoms with Gasteiger partial charge in [-0.25, -0.2) is 18.7 Å². The van der Waals surface area contributed by atoms with Gasteiger partial charge in [0.1, 0.15) is 11.9 Å². The van der Waals surface area contributed by atoms with Crippen LogP contribution in [0.1, 0.15) is 44.7 Å². The van der Waals surface area contributed by atoms with E-state index in [0.29, 0.717) is 18.7 Å². The summed E-state index contributed by atoms with van der Waals surface area (Å²) in [4.78, 5) is 25.1. The number of hydrogen-bond donors (Lipinski definition) is 0. The normalized spacial score (nSPS) is 18.8. The van der Waals surface area contributed by atoms with Gasteiger partial charge in [-0.15, -0.1) is 0 Å². The molecule has 2 aromatic heterocycles. The van der Waals surface area contributed by atoms with E-state index in [1.54, 1.807) is 11.0 Å². The maximum absolute atomic E-state index is 14.7. The fourth-order valence-electron chi connectivity index (χ4n) is 4.17. The van der Waals surface area contributed by atoms with Crippen LogP contribution in [0.4, 0.5) is 14.6 Å². The quantitative estimate of drug-likeness (QED) is 0.625. The zero-order valence-electron chi connectivity index (χ0n) is 19.3. The molecule has 2 aromatic rings. The lowest BCUT2D eigenvalue weighted by Crippen LogP contribution is -2.61. The summed E-state index contributed by atoms with van der Waals surface area (Å²) in [5.74, 6) is -2.40. The number of ether oxygens (including phenoxy) is 1. The van der Waals surface area contributed by atoms with Crippen LogP contribution in [-0.2, 0) is 10.7 Å². The van der Waals surface area contributed by atoms with Gasteiger partial charge in [-0.2, -0.15) is 5.26 Å². The van der Waals surface area contributed by atoms with Crippen LogP contribution < -0.4 is 9.64 Å². The zero-order chi connectivity index (χ0) is 24.2. The molecule has 33 heavy (non-hydrogen) atoms. The molecular weight excluding hydrogens is 428 g/mol. The van der Waals surface area contributed by atoms with Crippen molar-refractivity contribution in [3.8, 4) is 11.9 Å². The Hall–Kier alpha value is -3.28. The van der Waals surface area contributed by atoms with Crippen LogP contribution in [0.5, 0.6) is 5.88 Å². The molecule has 0 bridgehead atoms. The molecule has 7 nitrogen and oxygen atoms in total. The van der Waals surface area contributed by atoms with Gasteiger partial charge in [-0.3, -0.25) is 4.79 Å². The van der Waals surface area contributed by atoms with Crippen LogP contribution in [0.15, 0.2) is 36.7 Å². The van der Waals surface area contributed by atoms with Crippen LogP contribution >= 0.6 is 0 Å². The molecule has 2 unspecified atom stereocenters. The Morgan fingerprint density at radius 2 is 2.06 bits per heavy atom. The van der Waals surface area contributed by atoms with E-state index in [1.807, 2.05) is 13.0 Å². The summed E-state index contributed by atoms with van der Waals surface area (Å²) in [5, 5.41) is 9.02. The first kappa shape index (κ1) is 24.4. The molecule has 1 saturated heterocycles. The summed E-state index contributed by atoms with van der Waals surface area (Å²) < 4.78 is 34.4. The number of amides is 1. The Bertz CT molecular complexity index is 1010. The molecule has 0 N–H and O–H groups in total. The van der Waals surface area contributed by atoms with E-state index in [0.717, 1.165) is 5.82 Å². The second-order valence-corrected chi connectivity index (χ2v) is 8.67. The molecule has 0 aliphatic carbocycles. The summed E-state index contributed by atoms with van der Waals surface area (Å²) in [6.45, 7) is 6.96. The minimum Gasteiger partial charge on any atom is -0.481 e. The Labute approximate surface area is 193 Å². The molecule has 1 fully saturated rings. The van der Waals surface area contributed by atoms with Gasteiger partial charge in [0.2, 0.25) is 11.8 Å². The highest BCUT2D eigenvalue weighted by molar-refractivity contribution is 5.77. The number of methoxy groups -OCH3 is 1. The lowest BCUT2D eigenvalue weighted by atomic mass is 9.95. The number of piperazine rings is 1. The minimum absolute atomic E-state index is 0.0249. The number of carbonyl (C=O) groups excluding carboxylic acids is 1. The molecule has 176 valence electrons. The fourth-order valence-corrected chi connectivity index (χ4v) is 4.17. The molecular formula is C24H29F2N5O2. The molecule has 0 aromatic carbocycles. The largest absolute Gasteiger partial charge is 0.481 e. The number of halogens is 2. The van der Waals surface area contributed by atoms with Crippen LogP contribution in [0.3, 0.4) is 0 Å². The summed E-state index contributed by atoms with van der Waals surface area (Å²) in [6, 6.07) is 7.96. The molecule has 1 aliphatic heterocycles. The van der Waals surface area contributed by atoms with Crippen LogP contribution in [0.25, 0.3) is 0 Å². The molecule has 9 heteroatoms. The highest BCUT2D eigenvalue weighted by Gasteiger charge is 2.38. The third-order valence-electron chi connectivity index (χ3n) is 6.01. The van der Waals surface area contributed by atoms with Crippen molar-refractivity contribution in [2.24, 2.45) is 5.92 Å². The van der Waals surface area contributed by atoms with Crippen molar-refractivity contribution in [3.05, 3.63) is 47.8 Å². The van der Waals surface area contributed by atoms with Crippen LogP contribution in [0, 0.1) is 17.2 Å². The van der Waals surface area contributed by atoms with Crippen molar-refractivity contribution in [2.45, 2.75) is 51.6 Å². The molecule has 0 saturated carbocycles. The van der Waals surface area contributed by atoms with Crippen molar-refractivity contribution >= 4 is 11.7 Å².